The van der Waals surface area contributed by atoms with Crippen LogP contribution in [0, 0.1) is 0 Å². The second-order valence-electron chi connectivity index (χ2n) is 11.3. The number of aromatic hydroxyl groups is 2. The number of nitrogens with one attached hydrogen (secondary N) is 1. The summed E-state index contributed by atoms with van der Waals surface area (Å²) < 4.78 is 0. The summed E-state index contributed by atoms with van der Waals surface area (Å²) in [5.41, 5.74) is 3.87. The molecule has 3 atom stereocenters. The maximum atomic E-state index is 14.4. The highest BCUT2D eigenvalue weighted by Crippen LogP contribution is 2.33. The number of benzene rings is 3. The third kappa shape index (κ3) is 6.43. The maximum absolute atomic E-state index is 14.4. The van der Waals surface area contributed by atoms with Crippen LogP contribution in [0.5, 0.6) is 11.5 Å². The van der Waals surface area contributed by atoms with Gasteiger partial charge in [0.25, 0.3) is 0 Å². The fraction of sp³-hybridized carbons (Fsp3) is 0.382. The molecular formula is C34H39N3O5. The minimum atomic E-state index is -0.835. The molecule has 3 amide bonds. The molecule has 1 saturated heterocycles. The van der Waals surface area contributed by atoms with E-state index in [0.717, 1.165) is 41.5 Å². The molecule has 8 heteroatoms. The van der Waals surface area contributed by atoms with Gasteiger partial charge >= 0.3 is 0 Å². The number of nitrogens with zero attached hydrogens (tertiary/aromatic N) is 2. The van der Waals surface area contributed by atoms with Gasteiger partial charge in [-0.3, -0.25) is 14.4 Å². The van der Waals surface area contributed by atoms with Gasteiger partial charge in [-0.1, -0.05) is 74.7 Å². The largest absolute Gasteiger partial charge is 0.508 e. The monoisotopic (exact) mass is 569 g/mol. The minimum Gasteiger partial charge on any atom is -0.508 e. The summed E-state index contributed by atoms with van der Waals surface area (Å²) in [7, 11) is 0. The zero-order chi connectivity index (χ0) is 29.6. The molecule has 0 aliphatic carbocycles. The van der Waals surface area contributed by atoms with Crippen LogP contribution in [-0.2, 0) is 40.2 Å². The first-order valence-corrected chi connectivity index (χ1v) is 14.9. The van der Waals surface area contributed by atoms with E-state index >= 15 is 0 Å². The number of fused-ring (bicyclic) bond motifs is 2. The van der Waals surface area contributed by atoms with Crippen molar-refractivity contribution < 1.29 is 24.6 Å². The number of piperazine rings is 1. The number of carbonyl (C=O) groups is 3. The average Bonchev–Trinajstić information content (AvgIpc) is 3.00. The number of hydrogen-bond acceptors (Lipinski definition) is 5. The lowest BCUT2D eigenvalue weighted by Gasteiger charge is -2.49. The summed E-state index contributed by atoms with van der Waals surface area (Å²) in [5.74, 6) is -0.292. The van der Waals surface area contributed by atoms with Crippen LogP contribution in [0.2, 0.25) is 0 Å². The van der Waals surface area contributed by atoms with Crippen LogP contribution in [-0.4, -0.2) is 62.4 Å². The average molecular weight is 570 g/mol. The Kier molecular flexibility index (Phi) is 9.10. The molecule has 2 aliphatic heterocycles. The van der Waals surface area contributed by atoms with Crippen molar-refractivity contribution in [2.45, 2.75) is 76.5 Å². The number of unbranched alkanes of at least 4 members (excludes halogenated alkanes) is 2. The third-order valence-electron chi connectivity index (χ3n) is 8.43. The van der Waals surface area contributed by atoms with Gasteiger partial charge in [-0.15, -0.1) is 0 Å². The van der Waals surface area contributed by atoms with E-state index in [2.05, 4.69) is 12.2 Å². The molecule has 0 bridgehead atoms. The second kappa shape index (κ2) is 13.1. The van der Waals surface area contributed by atoms with Crippen molar-refractivity contribution >= 4 is 17.7 Å². The van der Waals surface area contributed by atoms with Crippen LogP contribution < -0.4 is 5.32 Å². The van der Waals surface area contributed by atoms with E-state index in [0.29, 0.717) is 32.4 Å². The summed E-state index contributed by atoms with van der Waals surface area (Å²) in [6.07, 6.45) is 4.35. The van der Waals surface area contributed by atoms with Gasteiger partial charge in [-0.2, -0.15) is 0 Å². The highest BCUT2D eigenvalue weighted by molar-refractivity contribution is 6.00. The predicted octanol–water partition coefficient (Wildman–Crippen LogP) is 4.11. The van der Waals surface area contributed by atoms with Crippen LogP contribution in [0.15, 0.2) is 72.8 Å². The highest BCUT2D eigenvalue weighted by atomic mass is 16.3. The van der Waals surface area contributed by atoms with Crippen molar-refractivity contribution in [3.8, 4) is 11.5 Å². The van der Waals surface area contributed by atoms with Crippen LogP contribution in [0.25, 0.3) is 0 Å². The summed E-state index contributed by atoms with van der Waals surface area (Å²) in [6, 6.07) is 19.2. The quantitative estimate of drug-likeness (QED) is 0.301. The Morgan fingerprint density at radius 2 is 1.52 bits per heavy atom. The van der Waals surface area contributed by atoms with Crippen LogP contribution in [0.1, 0.15) is 54.9 Å². The van der Waals surface area contributed by atoms with E-state index in [1.807, 2.05) is 36.4 Å². The van der Waals surface area contributed by atoms with Crippen molar-refractivity contribution in [1.29, 1.82) is 0 Å². The van der Waals surface area contributed by atoms with E-state index in [-0.39, 0.29) is 35.6 Å². The fourth-order valence-corrected chi connectivity index (χ4v) is 6.12. The Morgan fingerprint density at radius 3 is 2.19 bits per heavy atom. The lowest BCUT2D eigenvalue weighted by atomic mass is 9.87. The normalized spacial score (nSPS) is 18.8. The van der Waals surface area contributed by atoms with Crippen molar-refractivity contribution in [3.63, 3.8) is 0 Å². The van der Waals surface area contributed by atoms with E-state index in [9.17, 15) is 24.6 Å². The summed E-state index contributed by atoms with van der Waals surface area (Å²) in [6.45, 7) is 2.83. The molecule has 2 aliphatic rings. The third-order valence-corrected chi connectivity index (χ3v) is 8.43. The first-order chi connectivity index (χ1) is 20.4. The standard InChI is InChI=1S/C34H39N3O5/c1-2-3-4-9-29(32(40)35-19-18-23-10-14-27(38)15-11-23)37-31(20-24-12-16-28(39)17-13-24)33(41)36-22-26-8-6-5-7-25(26)21-30(36)34(37)42/h5-8,10-17,29-31,38-39H,2-4,9,18-22H2,1H3,(H,35,40)/t29?,30-,31-/m0/s1. The summed E-state index contributed by atoms with van der Waals surface area (Å²) in [5, 5.41) is 22.4. The Labute approximate surface area is 247 Å². The van der Waals surface area contributed by atoms with Crippen LogP contribution in [0.3, 0.4) is 0 Å². The van der Waals surface area contributed by atoms with Crippen molar-refractivity contribution in [2.24, 2.45) is 0 Å². The molecular weight excluding hydrogens is 530 g/mol. The molecule has 2 heterocycles. The van der Waals surface area contributed by atoms with Gasteiger partial charge in [0, 0.05) is 25.9 Å². The van der Waals surface area contributed by atoms with E-state index in [1.165, 1.54) is 0 Å². The Morgan fingerprint density at radius 1 is 0.881 bits per heavy atom. The zero-order valence-corrected chi connectivity index (χ0v) is 24.0. The fourth-order valence-electron chi connectivity index (χ4n) is 6.12. The number of hydrogen-bond donors (Lipinski definition) is 3. The molecule has 1 unspecified atom stereocenters. The maximum Gasteiger partial charge on any atom is 0.247 e. The first kappa shape index (κ1) is 29.2. The number of phenols is 2. The van der Waals surface area contributed by atoms with Crippen molar-refractivity contribution in [3.05, 3.63) is 95.1 Å². The van der Waals surface area contributed by atoms with Gasteiger partial charge in [0.15, 0.2) is 0 Å². The number of phenolic OH excluding ortho intramolecular Hbond substituents is 2. The first-order valence-electron chi connectivity index (χ1n) is 14.9. The van der Waals surface area contributed by atoms with Crippen molar-refractivity contribution in [2.75, 3.05) is 6.54 Å². The zero-order valence-electron chi connectivity index (χ0n) is 24.0. The van der Waals surface area contributed by atoms with E-state index in [4.69, 9.17) is 0 Å². The molecule has 0 saturated carbocycles. The highest BCUT2D eigenvalue weighted by Gasteiger charge is 2.50. The van der Waals surface area contributed by atoms with Gasteiger partial charge in [-0.05, 0) is 59.4 Å². The predicted molar refractivity (Wildman–Crippen MR) is 160 cm³/mol. The van der Waals surface area contributed by atoms with Gasteiger partial charge in [-0.25, -0.2) is 0 Å². The Bertz CT molecular complexity index is 1410. The molecule has 3 N–H and O–H groups in total. The number of carbonyl (C=O) groups excluding carboxylic acids is 3. The van der Waals surface area contributed by atoms with Crippen molar-refractivity contribution in [1.82, 2.24) is 15.1 Å². The van der Waals surface area contributed by atoms with Gasteiger partial charge < -0.3 is 25.3 Å². The van der Waals surface area contributed by atoms with Gasteiger partial charge in [0.05, 0.1) is 0 Å². The smallest absolute Gasteiger partial charge is 0.247 e. The van der Waals surface area contributed by atoms with E-state index in [1.54, 1.807) is 46.2 Å². The van der Waals surface area contributed by atoms with E-state index < -0.39 is 18.1 Å². The topological polar surface area (TPSA) is 110 Å². The van der Waals surface area contributed by atoms with Gasteiger partial charge in [0.1, 0.15) is 29.6 Å². The second-order valence-corrected chi connectivity index (χ2v) is 11.3. The molecule has 3 aromatic rings. The molecule has 0 aromatic heterocycles. The summed E-state index contributed by atoms with van der Waals surface area (Å²) >= 11 is 0. The molecule has 5 rings (SSSR count). The number of amides is 3. The Hall–Kier alpha value is -4.33. The molecule has 8 nitrogen and oxygen atoms in total. The van der Waals surface area contributed by atoms with Gasteiger partial charge in [0.2, 0.25) is 17.7 Å². The van der Waals surface area contributed by atoms with Crippen LogP contribution in [0.4, 0.5) is 0 Å². The summed E-state index contributed by atoms with van der Waals surface area (Å²) in [4.78, 5) is 45.7. The lowest BCUT2D eigenvalue weighted by molar-refractivity contribution is -0.168. The minimum absolute atomic E-state index is 0.125. The molecule has 0 spiro atoms. The Balaban J connectivity index is 1.44. The molecule has 0 radical (unpaired) electrons. The molecule has 1 fully saturated rings. The van der Waals surface area contributed by atoms with Crippen LogP contribution >= 0.6 is 0 Å². The SMILES string of the molecule is CCCCCC(C(=O)NCCc1ccc(O)cc1)N1C(=O)[C@@H]2Cc3ccccc3CN2C(=O)[C@@H]1Cc1ccc(O)cc1. The lowest BCUT2D eigenvalue weighted by Crippen LogP contribution is -2.70. The molecule has 3 aromatic carbocycles. The number of rotatable bonds is 11. The molecule has 42 heavy (non-hydrogen) atoms. The molecule has 220 valence electrons.